The van der Waals surface area contributed by atoms with Crippen LogP contribution < -0.4 is 5.73 Å². The number of hydrogen-bond acceptors (Lipinski definition) is 4. The molecule has 2 N–H and O–H groups in total. The van der Waals surface area contributed by atoms with E-state index in [4.69, 9.17) is 5.73 Å². The zero-order chi connectivity index (χ0) is 18.8. The normalized spacial score (nSPS) is 26.7. The average molecular weight is 373 g/mol. The van der Waals surface area contributed by atoms with E-state index < -0.39 is 5.41 Å². The van der Waals surface area contributed by atoms with Crippen LogP contribution in [-0.4, -0.2) is 33.8 Å². The maximum absolute atomic E-state index is 14.0. The summed E-state index contributed by atoms with van der Waals surface area (Å²) >= 11 is 1.37. The molecule has 5 nitrogen and oxygen atoms in total. The van der Waals surface area contributed by atoms with Crippen molar-refractivity contribution >= 4 is 23.2 Å². The molecule has 1 aliphatic heterocycles. The van der Waals surface area contributed by atoms with E-state index in [2.05, 4.69) is 4.98 Å². The second-order valence-electron chi connectivity index (χ2n) is 7.38. The number of halogens is 1. The summed E-state index contributed by atoms with van der Waals surface area (Å²) < 4.78 is 14.0. The predicted molar refractivity (Wildman–Crippen MR) is 97.3 cm³/mol. The molecule has 1 aromatic carbocycles. The van der Waals surface area contributed by atoms with Gasteiger partial charge in [0.05, 0.1) is 15.3 Å². The van der Waals surface area contributed by atoms with Crippen molar-refractivity contribution in [3.63, 3.8) is 0 Å². The first-order valence-corrected chi connectivity index (χ1v) is 9.43. The van der Waals surface area contributed by atoms with E-state index in [0.717, 1.165) is 5.01 Å². The summed E-state index contributed by atoms with van der Waals surface area (Å²) in [5.74, 6) is -0.847. The number of carbonyl (C=O) groups excluding carboxylic acids is 2. The fourth-order valence-corrected chi connectivity index (χ4v) is 5.04. The minimum Gasteiger partial charge on any atom is -0.369 e. The molecule has 0 unspecified atom stereocenters. The molecule has 4 rings (SSSR count). The molecule has 0 spiro atoms. The number of primary amides is 1. The van der Waals surface area contributed by atoms with Crippen LogP contribution in [0.25, 0.3) is 10.4 Å². The lowest BCUT2D eigenvalue weighted by molar-refractivity contribution is -0.123. The largest absolute Gasteiger partial charge is 0.369 e. The fraction of sp³-hybridized carbons (Fsp3) is 0.421. The van der Waals surface area contributed by atoms with Crippen molar-refractivity contribution in [1.29, 1.82) is 0 Å². The van der Waals surface area contributed by atoms with Crippen LogP contribution in [0.4, 0.5) is 4.39 Å². The number of thiazole rings is 1. The number of nitrogens with zero attached hydrogens (tertiary/aromatic N) is 2. The molecule has 1 saturated carbocycles. The van der Waals surface area contributed by atoms with Crippen LogP contribution >= 0.6 is 11.3 Å². The highest BCUT2D eigenvalue weighted by atomic mass is 32.1. The number of benzene rings is 1. The summed E-state index contributed by atoms with van der Waals surface area (Å²) in [4.78, 5) is 31.9. The number of amides is 2. The van der Waals surface area contributed by atoms with Crippen molar-refractivity contribution in [2.75, 3.05) is 0 Å². The van der Waals surface area contributed by atoms with Gasteiger partial charge in [-0.05, 0) is 50.8 Å². The molecule has 2 aromatic rings. The Morgan fingerprint density at radius 1 is 1.35 bits per heavy atom. The molecule has 7 heteroatoms. The number of hydrogen-bond donors (Lipinski definition) is 1. The van der Waals surface area contributed by atoms with E-state index in [-0.39, 0.29) is 29.7 Å². The lowest BCUT2D eigenvalue weighted by Crippen LogP contribution is -2.37. The number of likely N-dealkylation sites (tertiary alicyclic amines) is 1. The fourth-order valence-electron chi connectivity index (χ4n) is 4.13. The third kappa shape index (κ3) is 2.37. The second kappa shape index (κ2) is 5.61. The van der Waals surface area contributed by atoms with Crippen molar-refractivity contribution < 1.29 is 14.0 Å². The number of fused-ring (bicyclic) bond motifs is 1. The summed E-state index contributed by atoms with van der Waals surface area (Å²) in [6, 6.07) is 4.73. The number of piperidine rings is 1. The highest BCUT2D eigenvalue weighted by Gasteiger charge is 2.68. The lowest BCUT2D eigenvalue weighted by atomic mass is 10.00. The van der Waals surface area contributed by atoms with E-state index in [1.807, 2.05) is 13.8 Å². The molecule has 1 aliphatic carbocycles. The average Bonchev–Trinajstić information content (AvgIpc) is 3.01. The van der Waals surface area contributed by atoms with E-state index in [1.54, 1.807) is 24.0 Å². The first-order chi connectivity index (χ1) is 12.2. The van der Waals surface area contributed by atoms with Crippen LogP contribution in [0.3, 0.4) is 0 Å². The standard InChI is InChI=1S/C19H20FN3O2S/c1-9-4-5-12(6-13(9)20)16-15(22-11(3)26-16)17(24)23-10(2)7-19(18(21)25)8-14(19)23/h4-6,10,14H,7-8H2,1-3H3,(H2,21,25)/t10-,14-,19+/m0/s1. The summed E-state index contributed by atoms with van der Waals surface area (Å²) in [5, 5.41) is 0.744. The van der Waals surface area contributed by atoms with Gasteiger partial charge in [-0.15, -0.1) is 11.3 Å². The van der Waals surface area contributed by atoms with Crippen LogP contribution in [0, 0.1) is 25.1 Å². The monoisotopic (exact) mass is 373 g/mol. The molecule has 3 atom stereocenters. The second-order valence-corrected chi connectivity index (χ2v) is 8.58. The Hall–Kier alpha value is -2.28. The van der Waals surface area contributed by atoms with Gasteiger partial charge in [0, 0.05) is 12.1 Å². The molecule has 0 bridgehead atoms. The Balaban J connectivity index is 1.72. The van der Waals surface area contributed by atoms with Crippen molar-refractivity contribution in [3.05, 3.63) is 40.3 Å². The van der Waals surface area contributed by atoms with Crippen LogP contribution in [-0.2, 0) is 4.79 Å². The van der Waals surface area contributed by atoms with Gasteiger partial charge in [-0.1, -0.05) is 12.1 Å². The number of aromatic nitrogens is 1. The highest BCUT2D eigenvalue weighted by Crippen LogP contribution is 2.59. The topological polar surface area (TPSA) is 76.3 Å². The Morgan fingerprint density at radius 3 is 2.69 bits per heavy atom. The third-order valence-electron chi connectivity index (χ3n) is 5.60. The van der Waals surface area contributed by atoms with E-state index in [0.29, 0.717) is 34.5 Å². The SMILES string of the molecule is Cc1nc(C(=O)N2[C@H]3C[C@]3(C(N)=O)C[C@@H]2C)c(-c2ccc(C)c(F)c2)s1. The number of aryl methyl sites for hydroxylation is 2. The smallest absolute Gasteiger partial charge is 0.274 e. The van der Waals surface area contributed by atoms with Crippen molar-refractivity contribution in [2.24, 2.45) is 11.1 Å². The highest BCUT2D eigenvalue weighted by molar-refractivity contribution is 7.15. The maximum Gasteiger partial charge on any atom is 0.274 e. The quantitative estimate of drug-likeness (QED) is 0.898. The molecular formula is C19H20FN3O2S. The van der Waals surface area contributed by atoms with Crippen LogP contribution in [0.15, 0.2) is 18.2 Å². The Bertz CT molecular complexity index is 941. The first-order valence-electron chi connectivity index (χ1n) is 8.61. The maximum atomic E-state index is 14.0. The lowest BCUT2D eigenvalue weighted by Gasteiger charge is -2.24. The summed E-state index contributed by atoms with van der Waals surface area (Å²) in [7, 11) is 0. The molecule has 0 radical (unpaired) electrons. The zero-order valence-electron chi connectivity index (χ0n) is 14.9. The summed E-state index contributed by atoms with van der Waals surface area (Å²) in [6.45, 7) is 5.46. The van der Waals surface area contributed by atoms with Gasteiger partial charge >= 0.3 is 0 Å². The number of rotatable bonds is 3. The Kier molecular flexibility index (Phi) is 3.70. The van der Waals surface area contributed by atoms with Crippen molar-refractivity contribution in [2.45, 2.75) is 45.7 Å². The van der Waals surface area contributed by atoms with Gasteiger partial charge in [0.1, 0.15) is 11.5 Å². The zero-order valence-corrected chi connectivity index (χ0v) is 15.7. The Labute approximate surface area is 155 Å². The van der Waals surface area contributed by atoms with Gasteiger partial charge in [0.2, 0.25) is 5.91 Å². The molecule has 2 aliphatic rings. The molecule has 26 heavy (non-hydrogen) atoms. The van der Waals surface area contributed by atoms with Crippen LogP contribution in [0.1, 0.15) is 40.8 Å². The van der Waals surface area contributed by atoms with Gasteiger partial charge in [-0.2, -0.15) is 0 Å². The summed E-state index contributed by atoms with van der Waals surface area (Å²) in [5.41, 5.74) is 6.52. The molecule has 2 heterocycles. The van der Waals surface area contributed by atoms with Gasteiger partial charge in [-0.25, -0.2) is 9.37 Å². The first kappa shape index (κ1) is 17.1. The summed E-state index contributed by atoms with van der Waals surface area (Å²) in [6.07, 6.45) is 1.21. The van der Waals surface area contributed by atoms with Gasteiger partial charge in [-0.3, -0.25) is 9.59 Å². The van der Waals surface area contributed by atoms with Gasteiger partial charge < -0.3 is 10.6 Å². The Morgan fingerprint density at radius 2 is 2.08 bits per heavy atom. The number of carbonyl (C=O) groups is 2. The van der Waals surface area contributed by atoms with Crippen LogP contribution in [0.2, 0.25) is 0 Å². The van der Waals surface area contributed by atoms with Gasteiger partial charge in [0.25, 0.3) is 5.91 Å². The van der Waals surface area contributed by atoms with Gasteiger partial charge in [0.15, 0.2) is 0 Å². The van der Waals surface area contributed by atoms with Crippen molar-refractivity contribution in [3.8, 4) is 10.4 Å². The molecule has 1 aromatic heterocycles. The molecule has 2 fully saturated rings. The van der Waals surface area contributed by atoms with E-state index >= 15 is 0 Å². The molecule has 136 valence electrons. The number of nitrogens with two attached hydrogens (primary N) is 1. The van der Waals surface area contributed by atoms with E-state index in [1.165, 1.54) is 17.4 Å². The van der Waals surface area contributed by atoms with E-state index in [9.17, 15) is 14.0 Å². The third-order valence-corrected chi connectivity index (χ3v) is 6.62. The van der Waals surface area contributed by atoms with Crippen molar-refractivity contribution in [1.82, 2.24) is 9.88 Å². The molecular weight excluding hydrogens is 353 g/mol. The molecule has 2 amide bonds. The molecule has 1 saturated heterocycles. The predicted octanol–water partition coefficient (Wildman–Crippen LogP) is 3.04. The van der Waals surface area contributed by atoms with Crippen LogP contribution in [0.5, 0.6) is 0 Å². The minimum atomic E-state index is -0.573. The minimum absolute atomic E-state index is 0.0710.